The van der Waals surface area contributed by atoms with E-state index in [-0.39, 0.29) is 31.9 Å². The minimum atomic E-state index is -0.0756. The smallest absolute Gasteiger partial charge is 0.135 e. The van der Waals surface area contributed by atoms with E-state index in [9.17, 15) is 0 Å². The number of pyridine rings is 1. The van der Waals surface area contributed by atoms with Crippen molar-refractivity contribution in [1.82, 2.24) is 14.1 Å². The van der Waals surface area contributed by atoms with Crippen LogP contribution in [-0.4, -0.2) is 14.1 Å². The average molecular weight is 1020 g/mol. The molecule has 3 aromatic heterocycles. The standard InChI is InChI=1S/C58H46N5O.Pt/c1-57(2,3)37-21-23-39(24-22-37)60-31-32-61(36-60)40-13-11-14-41(34-40)64-42-25-26-48-52(35-42)62(53-33-38(29-30-59-53)58(4,5)6)50-27-28-51-54(55(48)50)45-17-8-7-15-43(45)46-18-12-19-47-44-16-9-10-20-49(44)63(51)56(46)47;/h7-33,36H,1-6H3;/q-3;. The van der Waals surface area contributed by atoms with Gasteiger partial charge < -0.3 is 23.7 Å². The largest absolute Gasteiger partial charge is 0.509 e. The summed E-state index contributed by atoms with van der Waals surface area (Å²) in [6.45, 7) is 15.5. The van der Waals surface area contributed by atoms with Crippen LogP contribution in [0, 0.1) is 18.8 Å². The van der Waals surface area contributed by atoms with Crippen LogP contribution in [0.1, 0.15) is 52.7 Å². The van der Waals surface area contributed by atoms with E-state index >= 15 is 0 Å². The van der Waals surface area contributed by atoms with E-state index < -0.39 is 0 Å². The number of hydrogen-bond donors (Lipinski definition) is 0. The molecule has 7 heteroatoms. The van der Waals surface area contributed by atoms with Crippen LogP contribution in [0.5, 0.6) is 11.5 Å². The molecule has 5 heterocycles. The molecular formula is C58H46N5OPt-3. The Kier molecular flexibility index (Phi) is 9.50. The number of benzene rings is 7. The van der Waals surface area contributed by atoms with Gasteiger partial charge in [0.25, 0.3) is 0 Å². The summed E-state index contributed by atoms with van der Waals surface area (Å²) < 4.78 is 11.4. The van der Waals surface area contributed by atoms with Crippen molar-refractivity contribution in [2.75, 3.05) is 9.80 Å². The molecule has 12 rings (SSSR count). The van der Waals surface area contributed by atoms with Gasteiger partial charge >= 0.3 is 0 Å². The molecule has 0 spiro atoms. The first-order chi connectivity index (χ1) is 31.0. The maximum atomic E-state index is 6.69. The van der Waals surface area contributed by atoms with E-state index in [1.54, 1.807) is 0 Å². The van der Waals surface area contributed by atoms with E-state index in [0.29, 0.717) is 11.5 Å². The van der Waals surface area contributed by atoms with Crippen molar-refractivity contribution >= 4 is 55.0 Å². The van der Waals surface area contributed by atoms with E-state index in [2.05, 4.69) is 207 Å². The number of anilines is 2. The van der Waals surface area contributed by atoms with Crippen LogP contribution < -0.4 is 14.5 Å². The van der Waals surface area contributed by atoms with Gasteiger partial charge in [0, 0.05) is 71.9 Å². The average Bonchev–Trinajstić information content (AvgIpc) is 4.00. The fourth-order valence-corrected chi connectivity index (χ4v) is 9.74. The molecule has 10 aromatic rings. The Balaban J connectivity index is 0.00000469. The van der Waals surface area contributed by atoms with Gasteiger partial charge in [0.2, 0.25) is 0 Å². The summed E-state index contributed by atoms with van der Waals surface area (Å²) in [6, 6.07) is 59.6. The van der Waals surface area contributed by atoms with Crippen molar-refractivity contribution < 1.29 is 25.8 Å². The molecule has 322 valence electrons. The zero-order valence-corrected chi connectivity index (χ0v) is 39.4. The molecule has 0 bridgehead atoms. The predicted octanol–water partition coefficient (Wildman–Crippen LogP) is 14.8. The fraction of sp³-hybridized carbons (Fsp3) is 0.138. The summed E-state index contributed by atoms with van der Waals surface area (Å²) in [5, 5.41) is 4.71. The number of fused-ring (bicyclic) bond motifs is 12. The normalized spacial score (nSPS) is 13.4. The molecule has 7 aromatic carbocycles. The molecule has 0 atom stereocenters. The Morgan fingerprint density at radius 1 is 0.554 bits per heavy atom. The van der Waals surface area contributed by atoms with E-state index in [1.807, 2.05) is 36.7 Å². The SMILES string of the molecule is CC(C)(C)c1ccc(N2C=CN(c3[c-]c(Oc4[c-]c5c(cc4)c4c6c(ccc4n5-c4cc(C(C)(C)C)ccn4)-n4c5ccccc5c5cccc(c54)-c4ccccc4-6)ccc3)[CH-]2)cc1.[Pt]. The quantitative estimate of drug-likeness (QED) is 0.161. The second kappa shape index (κ2) is 15.1. The molecule has 6 nitrogen and oxygen atoms in total. The third kappa shape index (κ3) is 6.60. The number of nitrogens with zero attached hydrogens (tertiary/aromatic N) is 5. The Morgan fingerprint density at radius 2 is 1.26 bits per heavy atom. The van der Waals surface area contributed by atoms with E-state index in [1.165, 1.54) is 55.2 Å². The summed E-state index contributed by atoms with van der Waals surface area (Å²) >= 11 is 0. The predicted molar refractivity (Wildman–Crippen MR) is 264 cm³/mol. The van der Waals surface area contributed by atoms with Gasteiger partial charge in [-0.2, -0.15) is 12.1 Å². The molecule has 0 amide bonds. The fourth-order valence-electron chi connectivity index (χ4n) is 9.74. The first-order valence-electron chi connectivity index (χ1n) is 22.0. The molecule has 2 aliphatic rings. The van der Waals surface area contributed by atoms with Crippen molar-refractivity contribution in [2.45, 2.75) is 52.4 Å². The van der Waals surface area contributed by atoms with Crippen LogP contribution in [-0.2, 0) is 31.9 Å². The molecule has 0 saturated heterocycles. The van der Waals surface area contributed by atoms with Gasteiger partial charge in [0.15, 0.2) is 0 Å². The van der Waals surface area contributed by atoms with Gasteiger partial charge in [-0.25, -0.2) is 4.98 Å². The van der Waals surface area contributed by atoms with Crippen LogP contribution in [0.25, 0.3) is 77.4 Å². The molecule has 0 saturated carbocycles. The van der Waals surface area contributed by atoms with Crippen molar-refractivity contribution in [2.24, 2.45) is 0 Å². The third-order valence-corrected chi connectivity index (χ3v) is 13.0. The molecular weight excluding hydrogens is 978 g/mol. The van der Waals surface area contributed by atoms with Crippen LogP contribution in [0.15, 0.2) is 164 Å². The van der Waals surface area contributed by atoms with Crippen LogP contribution in [0.2, 0.25) is 0 Å². The Labute approximate surface area is 394 Å². The zero-order valence-electron chi connectivity index (χ0n) is 37.1. The maximum absolute atomic E-state index is 6.69. The number of rotatable bonds is 5. The first-order valence-corrected chi connectivity index (χ1v) is 22.0. The van der Waals surface area contributed by atoms with Gasteiger partial charge in [-0.15, -0.1) is 48.1 Å². The Morgan fingerprint density at radius 3 is 2.08 bits per heavy atom. The summed E-state index contributed by atoms with van der Waals surface area (Å²) in [5.41, 5.74) is 14.8. The summed E-state index contributed by atoms with van der Waals surface area (Å²) in [4.78, 5) is 9.23. The van der Waals surface area contributed by atoms with Crippen LogP contribution in [0.4, 0.5) is 11.4 Å². The van der Waals surface area contributed by atoms with Crippen LogP contribution in [0.3, 0.4) is 0 Å². The van der Waals surface area contributed by atoms with E-state index in [0.717, 1.165) is 44.7 Å². The first kappa shape index (κ1) is 40.9. The summed E-state index contributed by atoms with van der Waals surface area (Å²) in [6.07, 6.45) is 6.04. The Bertz CT molecular complexity index is 3550. The molecule has 0 aliphatic carbocycles. The van der Waals surface area contributed by atoms with Gasteiger partial charge in [-0.3, -0.25) is 0 Å². The van der Waals surface area contributed by atoms with Crippen molar-refractivity contribution in [1.29, 1.82) is 0 Å². The van der Waals surface area contributed by atoms with Gasteiger partial charge in [0.1, 0.15) is 5.82 Å². The van der Waals surface area contributed by atoms with Crippen molar-refractivity contribution in [3.8, 4) is 45.3 Å². The second-order valence-corrected chi connectivity index (χ2v) is 19.1. The number of ether oxygens (including phenoxy) is 1. The minimum Gasteiger partial charge on any atom is -0.509 e. The number of hydrogen-bond acceptors (Lipinski definition) is 4. The Hall–Kier alpha value is -6.88. The van der Waals surface area contributed by atoms with Gasteiger partial charge in [0.05, 0.1) is 16.7 Å². The monoisotopic (exact) mass is 1020 g/mol. The second-order valence-electron chi connectivity index (χ2n) is 19.1. The van der Waals surface area contributed by atoms with Gasteiger partial charge in [-0.05, 0) is 93.3 Å². The molecule has 0 N–H and O–H groups in total. The number of aromatic nitrogens is 3. The zero-order chi connectivity index (χ0) is 43.5. The maximum Gasteiger partial charge on any atom is 0.135 e. The molecule has 0 unspecified atom stereocenters. The molecule has 0 fully saturated rings. The minimum absolute atomic E-state index is 0. The molecule has 0 radical (unpaired) electrons. The van der Waals surface area contributed by atoms with Crippen molar-refractivity contribution in [3.63, 3.8) is 0 Å². The third-order valence-electron chi connectivity index (χ3n) is 13.0. The van der Waals surface area contributed by atoms with Gasteiger partial charge in [-0.1, -0.05) is 120 Å². The van der Waals surface area contributed by atoms with Crippen LogP contribution >= 0.6 is 0 Å². The summed E-state index contributed by atoms with van der Waals surface area (Å²) in [5.74, 6) is 2.03. The van der Waals surface area contributed by atoms with Crippen molar-refractivity contribution in [3.05, 3.63) is 194 Å². The molecule has 65 heavy (non-hydrogen) atoms. The molecule has 2 aliphatic heterocycles. The topological polar surface area (TPSA) is 38.5 Å². The summed E-state index contributed by atoms with van der Waals surface area (Å²) in [7, 11) is 0. The van der Waals surface area contributed by atoms with E-state index in [4.69, 9.17) is 9.72 Å². The number of para-hydroxylation sites is 2.